The molecule has 0 amide bonds. The third-order valence-corrected chi connectivity index (χ3v) is 6.35. The summed E-state index contributed by atoms with van der Waals surface area (Å²) >= 11 is 0. The molecular weight excluding hydrogens is 388 g/mol. The minimum atomic E-state index is 0.985. The summed E-state index contributed by atoms with van der Waals surface area (Å²) in [6.45, 7) is 3.86. The third-order valence-electron chi connectivity index (χ3n) is 6.35. The van der Waals surface area contributed by atoms with E-state index >= 15 is 0 Å². The van der Waals surface area contributed by atoms with Crippen LogP contribution < -0.4 is 0 Å². The molecule has 0 fully saturated rings. The van der Waals surface area contributed by atoms with Crippen molar-refractivity contribution in [3.8, 4) is 22.5 Å². The molecule has 1 aromatic heterocycles. The lowest BCUT2D eigenvalue weighted by Gasteiger charge is -2.11. The van der Waals surface area contributed by atoms with Gasteiger partial charge in [-0.1, -0.05) is 104 Å². The van der Waals surface area contributed by atoms with E-state index in [9.17, 15) is 0 Å². The van der Waals surface area contributed by atoms with Gasteiger partial charge in [0.05, 0.1) is 11.0 Å². The number of aryl methyl sites for hydroxylation is 1. The first-order valence-electron chi connectivity index (χ1n) is 10.8. The molecule has 0 unspecified atom stereocenters. The topological polar surface area (TPSA) is 17.8 Å². The first kappa shape index (κ1) is 18.6. The maximum Gasteiger partial charge on any atom is 0.140 e. The SMILES string of the molecule is C=Cc1ccc(-c2ccc3c4ccccc4c4nc(-c5ccccc5)n(C)c4c3c2)cc1. The molecule has 5 aromatic carbocycles. The molecule has 0 saturated carbocycles. The summed E-state index contributed by atoms with van der Waals surface area (Å²) in [6.07, 6.45) is 1.88. The van der Waals surface area contributed by atoms with E-state index in [0.29, 0.717) is 0 Å². The van der Waals surface area contributed by atoms with E-state index in [-0.39, 0.29) is 0 Å². The van der Waals surface area contributed by atoms with E-state index in [1.54, 1.807) is 0 Å². The second kappa shape index (κ2) is 7.21. The summed E-state index contributed by atoms with van der Waals surface area (Å²) in [4.78, 5) is 5.14. The van der Waals surface area contributed by atoms with Crippen LogP contribution in [0.1, 0.15) is 5.56 Å². The van der Waals surface area contributed by atoms with Crippen molar-refractivity contribution in [3.63, 3.8) is 0 Å². The summed E-state index contributed by atoms with van der Waals surface area (Å²) in [7, 11) is 2.12. The number of aromatic nitrogens is 2. The van der Waals surface area contributed by atoms with Gasteiger partial charge in [-0.3, -0.25) is 0 Å². The Morgan fingerprint density at radius 2 is 1.31 bits per heavy atom. The molecule has 0 N–H and O–H groups in total. The molecular formula is C30H22N2. The molecule has 0 atom stereocenters. The highest BCUT2D eigenvalue weighted by Gasteiger charge is 2.17. The molecule has 2 heteroatoms. The first-order valence-corrected chi connectivity index (χ1v) is 10.8. The van der Waals surface area contributed by atoms with Crippen LogP contribution in [-0.4, -0.2) is 9.55 Å². The smallest absolute Gasteiger partial charge is 0.140 e. The molecule has 32 heavy (non-hydrogen) atoms. The quantitative estimate of drug-likeness (QED) is 0.272. The van der Waals surface area contributed by atoms with E-state index in [1.165, 1.54) is 38.2 Å². The van der Waals surface area contributed by atoms with E-state index < -0.39 is 0 Å². The van der Waals surface area contributed by atoms with Crippen LogP contribution in [-0.2, 0) is 7.05 Å². The Hall–Kier alpha value is -4.17. The molecule has 0 bridgehead atoms. The number of fused-ring (bicyclic) bond motifs is 6. The van der Waals surface area contributed by atoms with Gasteiger partial charge >= 0.3 is 0 Å². The molecule has 0 aliphatic carbocycles. The Balaban J connectivity index is 1.71. The van der Waals surface area contributed by atoms with Gasteiger partial charge in [0.15, 0.2) is 0 Å². The van der Waals surface area contributed by atoms with Crippen molar-refractivity contribution in [1.29, 1.82) is 0 Å². The zero-order valence-corrected chi connectivity index (χ0v) is 17.9. The molecule has 0 radical (unpaired) electrons. The second-order valence-corrected chi connectivity index (χ2v) is 8.19. The summed E-state index contributed by atoms with van der Waals surface area (Å²) in [6, 6.07) is 34.3. The predicted molar refractivity (Wildman–Crippen MR) is 137 cm³/mol. The molecule has 0 spiro atoms. The minimum absolute atomic E-state index is 0.985. The Bertz CT molecular complexity index is 1620. The van der Waals surface area contributed by atoms with Gasteiger partial charge in [0.25, 0.3) is 0 Å². The van der Waals surface area contributed by atoms with Gasteiger partial charge in [-0.2, -0.15) is 0 Å². The Morgan fingerprint density at radius 1 is 0.656 bits per heavy atom. The van der Waals surface area contributed by atoms with Crippen molar-refractivity contribution in [2.75, 3.05) is 0 Å². The van der Waals surface area contributed by atoms with E-state index in [1.807, 2.05) is 12.1 Å². The minimum Gasteiger partial charge on any atom is -0.327 e. The van der Waals surface area contributed by atoms with Crippen LogP contribution >= 0.6 is 0 Å². The van der Waals surface area contributed by atoms with Crippen molar-refractivity contribution in [3.05, 3.63) is 109 Å². The maximum absolute atomic E-state index is 5.14. The lowest BCUT2D eigenvalue weighted by atomic mass is 9.95. The largest absolute Gasteiger partial charge is 0.327 e. The van der Waals surface area contributed by atoms with Crippen molar-refractivity contribution in [2.45, 2.75) is 0 Å². The lowest BCUT2D eigenvalue weighted by Crippen LogP contribution is -1.93. The van der Waals surface area contributed by atoms with Gasteiger partial charge in [0.2, 0.25) is 0 Å². The van der Waals surface area contributed by atoms with E-state index in [4.69, 9.17) is 4.98 Å². The maximum atomic E-state index is 5.14. The summed E-state index contributed by atoms with van der Waals surface area (Å²) < 4.78 is 2.24. The second-order valence-electron chi connectivity index (χ2n) is 8.19. The fraction of sp³-hybridized carbons (Fsp3) is 0.0333. The highest BCUT2D eigenvalue weighted by atomic mass is 15.1. The van der Waals surface area contributed by atoms with Crippen LogP contribution in [0.25, 0.3) is 61.2 Å². The van der Waals surface area contributed by atoms with E-state index in [0.717, 1.165) is 22.5 Å². The van der Waals surface area contributed by atoms with Crippen LogP contribution in [0.3, 0.4) is 0 Å². The number of rotatable bonds is 3. The van der Waals surface area contributed by atoms with Gasteiger partial charge in [-0.25, -0.2) is 4.98 Å². The van der Waals surface area contributed by atoms with Crippen molar-refractivity contribution < 1.29 is 0 Å². The molecule has 152 valence electrons. The summed E-state index contributed by atoms with van der Waals surface area (Å²) in [5.41, 5.74) is 6.87. The average Bonchev–Trinajstić information content (AvgIpc) is 3.22. The summed E-state index contributed by atoms with van der Waals surface area (Å²) in [5, 5.41) is 4.90. The Kier molecular flexibility index (Phi) is 4.19. The zero-order valence-electron chi connectivity index (χ0n) is 17.9. The first-order chi connectivity index (χ1) is 15.7. The standard InChI is InChI=1S/C30H22N2/c1-3-20-13-15-21(16-14-20)23-17-18-25-24-11-7-8-12-26(24)28-29(27(25)19-23)32(2)30(31-28)22-9-5-4-6-10-22/h3-19H,1H2,2H3. The molecule has 0 saturated heterocycles. The van der Waals surface area contributed by atoms with Gasteiger partial charge in [-0.05, 0) is 33.5 Å². The lowest BCUT2D eigenvalue weighted by molar-refractivity contribution is 0.962. The number of nitrogens with zero attached hydrogens (tertiary/aromatic N) is 2. The Morgan fingerprint density at radius 3 is 2.06 bits per heavy atom. The number of hydrogen-bond acceptors (Lipinski definition) is 1. The van der Waals surface area contributed by atoms with E-state index in [2.05, 4.69) is 109 Å². The highest BCUT2D eigenvalue weighted by Crippen LogP contribution is 2.38. The molecule has 0 aliphatic heterocycles. The average molecular weight is 411 g/mol. The third kappa shape index (κ3) is 2.77. The van der Waals surface area contributed by atoms with Gasteiger partial charge in [0, 0.05) is 23.4 Å². The van der Waals surface area contributed by atoms with Crippen LogP contribution in [0.4, 0.5) is 0 Å². The van der Waals surface area contributed by atoms with Crippen molar-refractivity contribution in [1.82, 2.24) is 9.55 Å². The fourth-order valence-electron chi connectivity index (χ4n) is 4.73. The number of hydrogen-bond donors (Lipinski definition) is 0. The summed E-state index contributed by atoms with van der Waals surface area (Å²) in [5.74, 6) is 0.985. The molecule has 6 aromatic rings. The molecule has 6 rings (SSSR count). The van der Waals surface area contributed by atoms with Crippen molar-refractivity contribution in [2.24, 2.45) is 7.05 Å². The fourth-order valence-corrected chi connectivity index (χ4v) is 4.73. The van der Waals surface area contributed by atoms with Crippen molar-refractivity contribution >= 4 is 38.7 Å². The molecule has 1 heterocycles. The van der Waals surface area contributed by atoms with Crippen LogP contribution in [0.15, 0.2) is 104 Å². The monoisotopic (exact) mass is 410 g/mol. The molecule has 0 aliphatic rings. The van der Waals surface area contributed by atoms with Crippen LogP contribution in [0.2, 0.25) is 0 Å². The highest BCUT2D eigenvalue weighted by molar-refractivity contribution is 6.24. The normalized spacial score (nSPS) is 11.4. The van der Waals surface area contributed by atoms with Gasteiger partial charge in [0.1, 0.15) is 5.82 Å². The van der Waals surface area contributed by atoms with Gasteiger partial charge in [-0.15, -0.1) is 0 Å². The van der Waals surface area contributed by atoms with Crippen LogP contribution in [0, 0.1) is 0 Å². The molecule has 2 nitrogen and oxygen atoms in total. The van der Waals surface area contributed by atoms with Crippen LogP contribution in [0.5, 0.6) is 0 Å². The predicted octanol–water partition coefficient (Wildman–Crippen LogP) is 7.86. The number of imidazole rings is 1. The number of benzene rings is 5. The zero-order chi connectivity index (χ0) is 21.7. The Labute approximate surface area is 187 Å². The van der Waals surface area contributed by atoms with Gasteiger partial charge < -0.3 is 4.57 Å².